The second kappa shape index (κ2) is 10.2. The molecule has 0 aliphatic rings. The first-order chi connectivity index (χ1) is 16.4. The van der Waals surface area contributed by atoms with Gasteiger partial charge in [0, 0.05) is 17.8 Å². The number of sulfone groups is 1. The highest BCUT2D eigenvalue weighted by Crippen LogP contribution is 2.31. The second-order valence-corrected chi connectivity index (χ2v) is 11.2. The van der Waals surface area contributed by atoms with Crippen molar-refractivity contribution in [2.24, 2.45) is 0 Å². The van der Waals surface area contributed by atoms with E-state index in [1.165, 1.54) is 43.5 Å². The molecule has 0 saturated heterocycles. The fourth-order valence-corrected chi connectivity index (χ4v) is 4.98. The SMILES string of the molecule is COc1cc(/C=C(/C#N)C(=O)Nc2nc(S(C)(=O)=O)ns2)ccc1OS(=O)(=O)c1ccc(C)cc1. The summed E-state index contributed by atoms with van der Waals surface area (Å²) < 4.78 is 62.2. The number of nitrogens with zero attached hydrogens (tertiary/aromatic N) is 3. The molecule has 1 amide bonds. The number of benzene rings is 2. The van der Waals surface area contributed by atoms with E-state index < -0.39 is 31.0 Å². The van der Waals surface area contributed by atoms with E-state index in [-0.39, 0.29) is 27.1 Å². The molecule has 1 aromatic heterocycles. The molecule has 1 heterocycles. The van der Waals surface area contributed by atoms with Gasteiger partial charge in [0.15, 0.2) is 11.5 Å². The van der Waals surface area contributed by atoms with Gasteiger partial charge in [-0.1, -0.05) is 23.8 Å². The maximum Gasteiger partial charge on any atom is 0.339 e. The Bertz CT molecular complexity index is 1550. The molecule has 0 fully saturated rings. The molecule has 0 bridgehead atoms. The van der Waals surface area contributed by atoms with Gasteiger partial charge < -0.3 is 8.92 Å². The lowest BCUT2D eigenvalue weighted by Crippen LogP contribution is -2.13. The minimum atomic E-state index is -4.13. The summed E-state index contributed by atoms with van der Waals surface area (Å²) in [5.74, 6) is -0.880. The summed E-state index contributed by atoms with van der Waals surface area (Å²) in [7, 11) is -6.47. The maximum atomic E-state index is 12.6. The molecule has 0 radical (unpaired) electrons. The molecule has 3 aromatic rings. The molecule has 0 spiro atoms. The third kappa shape index (κ3) is 6.41. The second-order valence-electron chi connectivity index (χ2n) is 7.04. The van der Waals surface area contributed by atoms with Crippen LogP contribution in [0.1, 0.15) is 11.1 Å². The van der Waals surface area contributed by atoms with Gasteiger partial charge in [-0.05, 0) is 42.8 Å². The molecule has 0 aliphatic carbocycles. The monoisotopic (exact) mass is 534 g/mol. The zero-order valence-corrected chi connectivity index (χ0v) is 21.0. The van der Waals surface area contributed by atoms with E-state index in [1.807, 2.05) is 6.92 Å². The van der Waals surface area contributed by atoms with Crippen molar-refractivity contribution in [1.29, 1.82) is 5.26 Å². The number of carbonyl (C=O) groups is 1. The van der Waals surface area contributed by atoms with Crippen LogP contribution in [-0.4, -0.2) is 45.5 Å². The zero-order chi connectivity index (χ0) is 25.8. The third-order valence-electron chi connectivity index (χ3n) is 4.33. The van der Waals surface area contributed by atoms with E-state index in [9.17, 15) is 26.9 Å². The summed E-state index contributed by atoms with van der Waals surface area (Å²) in [4.78, 5) is 16.1. The fourth-order valence-electron chi connectivity index (χ4n) is 2.61. The zero-order valence-electron chi connectivity index (χ0n) is 18.5. The van der Waals surface area contributed by atoms with Crippen molar-refractivity contribution in [2.45, 2.75) is 17.0 Å². The fraction of sp³-hybridized carbons (Fsp3) is 0.143. The van der Waals surface area contributed by atoms with Crippen molar-refractivity contribution in [1.82, 2.24) is 9.36 Å². The molecule has 0 saturated carbocycles. The first-order valence-electron chi connectivity index (χ1n) is 9.59. The Labute approximate surface area is 205 Å². The first kappa shape index (κ1) is 25.8. The Morgan fingerprint density at radius 3 is 2.37 bits per heavy atom. The van der Waals surface area contributed by atoms with E-state index in [0.29, 0.717) is 17.1 Å². The maximum absolute atomic E-state index is 12.6. The van der Waals surface area contributed by atoms with Crippen LogP contribution in [-0.2, 0) is 24.7 Å². The summed E-state index contributed by atoms with van der Waals surface area (Å²) >= 11 is 0.649. The smallest absolute Gasteiger partial charge is 0.339 e. The quantitative estimate of drug-likeness (QED) is 0.258. The first-order valence-corrected chi connectivity index (χ1v) is 13.7. The van der Waals surface area contributed by atoms with Crippen LogP contribution in [0.5, 0.6) is 11.5 Å². The number of anilines is 1. The Hall–Kier alpha value is -3.80. The Kier molecular flexibility index (Phi) is 7.54. The number of carbonyl (C=O) groups excluding carboxylic acids is 1. The van der Waals surface area contributed by atoms with E-state index in [4.69, 9.17) is 8.92 Å². The lowest BCUT2D eigenvalue weighted by molar-refractivity contribution is -0.112. The van der Waals surface area contributed by atoms with Crippen molar-refractivity contribution in [3.63, 3.8) is 0 Å². The van der Waals surface area contributed by atoms with Crippen LogP contribution in [0.15, 0.2) is 58.1 Å². The van der Waals surface area contributed by atoms with Gasteiger partial charge in [-0.2, -0.15) is 23.0 Å². The van der Waals surface area contributed by atoms with Crippen molar-refractivity contribution in [3.05, 3.63) is 59.2 Å². The molecular formula is C21H18N4O7S3. The molecule has 0 atom stereocenters. The van der Waals surface area contributed by atoms with Crippen LogP contribution in [0.4, 0.5) is 5.13 Å². The third-order valence-corrected chi connectivity index (χ3v) is 7.17. The van der Waals surface area contributed by atoms with Crippen molar-refractivity contribution >= 4 is 48.6 Å². The van der Waals surface area contributed by atoms with Crippen LogP contribution in [0, 0.1) is 18.3 Å². The highest BCUT2D eigenvalue weighted by Gasteiger charge is 2.20. The number of aryl methyl sites for hydroxylation is 1. The van der Waals surface area contributed by atoms with E-state index in [1.54, 1.807) is 18.2 Å². The van der Waals surface area contributed by atoms with Gasteiger partial charge >= 0.3 is 10.1 Å². The number of nitrogens with one attached hydrogen (secondary N) is 1. The lowest BCUT2D eigenvalue weighted by atomic mass is 10.1. The molecule has 14 heteroatoms. The van der Waals surface area contributed by atoms with Crippen LogP contribution in [0.2, 0.25) is 0 Å². The highest BCUT2D eigenvalue weighted by atomic mass is 32.2. The highest BCUT2D eigenvalue weighted by molar-refractivity contribution is 7.90. The largest absolute Gasteiger partial charge is 0.493 e. The van der Waals surface area contributed by atoms with Gasteiger partial charge in [0.05, 0.1) is 7.11 Å². The van der Waals surface area contributed by atoms with Crippen LogP contribution >= 0.6 is 11.5 Å². The normalized spacial score (nSPS) is 12.0. The van der Waals surface area contributed by atoms with Crippen LogP contribution in [0.25, 0.3) is 6.08 Å². The molecule has 35 heavy (non-hydrogen) atoms. The standard InChI is InChI=1S/C21H18N4O7S3/c1-13-4-7-16(8-5-13)35(29,30)32-17-9-6-14(11-18(17)31-2)10-15(12-22)19(26)23-20-24-21(25-33-20)34(3,27)28/h4-11H,1-3H3,(H,23,24,25,26)/b15-10-. The van der Waals surface area contributed by atoms with E-state index in [0.717, 1.165) is 11.8 Å². The summed E-state index contributed by atoms with van der Waals surface area (Å²) in [6.45, 7) is 1.82. The van der Waals surface area contributed by atoms with Crippen LogP contribution in [0.3, 0.4) is 0 Å². The topological polar surface area (TPSA) is 165 Å². The number of methoxy groups -OCH3 is 1. The lowest BCUT2D eigenvalue weighted by Gasteiger charge is -2.11. The Morgan fingerprint density at radius 1 is 1.11 bits per heavy atom. The summed E-state index contributed by atoms with van der Waals surface area (Å²) in [5, 5.41) is 11.2. The molecule has 182 valence electrons. The van der Waals surface area contributed by atoms with Crippen LogP contribution < -0.4 is 14.2 Å². The molecule has 0 unspecified atom stereocenters. The number of amides is 1. The number of ether oxygens (including phenoxy) is 1. The summed E-state index contributed by atoms with van der Waals surface area (Å²) in [6, 6.07) is 12.0. The average molecular weight is 535 g/mol. The minimum absolute atomic E-state index is 0.0340. The number of aromatic nitrogens is 2. The van der Waals surface area contributed by atoms with Gasteiger partial charge in [-0.3, -0.25) is 10.1 Å². The van der Waals surface area contributed by atoms with Gasteiger partial charge in [-0.25, -0.2) is 8.42 Å². The molecule has 11 nitrogen and oxygen atoms in total. The number of hydrogen-bond donors (Lipinski definition) is 1. The van der Waals surface area contributed by atoms with Gasteiger partial charge in [-0.15, -0.1) is 0 Å². The predicted molar refractivity (Wildman–Crippen MR) is 127 cm³/mol. The van der Waals surface area contributed by atoms with Gasteiger partial charge in [0.25, 0.3) is 11.1 Å². The molecule has 3 rings (SSSR count). The molecular weight excluding hydrogens is 516 g/mol. The van der Waals surface area contributed by atoms with Crippen molar-refractivity contribution < 1.29 is 30.6 Å². The number of hydrogen-bond acceptors (Lipinski definition) is 11. The van der Waals surface area contributed by atoms with Gasteiger partial charge in [0.1, 0.15) is 16.5 Å². The summed E-state index contributed by atoms with van der Waals surface area (Å²) in [6.07, 6.45) is 2.16. The van der Waals surface area contributed by atoms with E-state index in [2.05, 4.69) is 14.7 Å². The Morgan fingerprint density at radius 2 is 1.80 bits per heavy atom. The summed E-state index contributed by atoms with van der Waals surface area (Å²) in [5.41, 5.74) is 0.892. The Balaban J connectivity index is 1.83. The molecule has 2 aromatic carbocycles. The average Bonchev–Trinajstić information content (AvgIpc) is 3.27. The van der Waals surface area contributed by atoms with Gasteiger partial charge in [0.2, 0.25) is 15.0 Å². The molecule has 1 N–H and O–H groups in total. The van der Waals surface area contributed by atoms with Crippen molar-refractivity contribution in [3.8, 4) is 17.6 Å². The predicted octanol–water partition coefficient (Wildman–Crippen LogP) is 2.57. The van der Waals surface area contributed by atoms with Crippen molar-refractivity contribution in [2.75, 3.05) is 18.7 Å². The van der Waals surface area contributed by atoms with E-state index >= 15 is 0 Å². The number of rotatable bonds is 8. The minimum Gasteiger partial charge on any atom is -0.493 e. The molecule has 0 aliphatic heterocycles. The number of nitriles is 1.